The molecule has 0 aromatic carbocycles. The highest BCUT2D eigenvalue weighted by Crippen LogP contribution is 2.21. The number of rotatable bonds is 3. The van der Waals surface area contributed by atoms with Gasteiger partial charge in [-0.3, -0.25) is 4.90 Å². The Balaban J connectivity index is 2.63. The molecule has 1 heterocycles. The average molecular weight is 257 g/mol. The second kappa shape index (κ2) is 6.20. The zero-order chi connectivity index (χ0) is 13.8. The lowest BCUT2D eigenvalue weighted by atomic mass is 10.1. The van der Waals surface area contributed by atoms with Crippen LogP contribution in [0.1, 0.15) is 34.1 Å². The van der Waals surface area contributed by atoms with Crippen molar-refractivity contribution in [2.24, 2.45) is 0 Å². The first kappa shape index (κ1) is 15.0. The van der Waals surface area contributed by atoms with E-state index >= 15 is 0 Å². The quantitative estimate of drug-likeness (QED) is 0.729. The van der Waals surface area contributed by atoms with Gasteiger partial charge in [-0.2, -0.15) is 0 Å². The molecule has 0 aliphatic carbocycles. The van der Waals surface area contributed by atoms with Crippen LogP contribution in [0.5, 0.6) is 0 Å². The molecule has 5 nitrogen and oxygen atoms in total. The van der Waals surface area contributed by atoms with Gasteiger partial charge in [0.05, 0.1) is 12.1 Å². The molecule has 1 rings (SSSR count). The molecule has 0 N–H and O–H groups in total. The number of nitrogens with zero attached hydrogens (tertiary/aromatic N) is 1. The van der Waals surface area contributed by atoms with E-state index in [9.17, 15) is 4.79 Å². The molecule has 1 aliphatic heterocycles. The zero-order valence-electron chi connectivity index (χ0n) is 11.8. The molecule has 0 fully saturated rings. The van der Waals surface area contributed by atoms with Crippen molar-refractivity contribution in [2.75, 3.05) is 13.9 Å². The van der Waals surface area contributed by atoms with Gasteiger partial charge < -0.3 is 14.2 Å². The number of amides is 1. The van der Waals surface area contributed by atoms with Crippen LogP contribution >= 0.6 is 0 Å². The summed E-state index contributed by atoms with van der Waals surface area (Å²) >= 11 is 0. The monoisotopic (exact) mass is 257 g/mol. The van der Waals surface area contributed by atoms with Crippen molar-refractivity contribution < 1.29 is 19.0 Å². The fourth-order valence-corrected chi connectivity index (χ4v) is 1.72. The van der Waals surface area contributed by atoms with Gasteiger partial charge in [0.1, 0.15) is 12.4 Å². The van der Waals surface area contributed by atoms with Crippen molar-refractivity contribution in [2.45, 2.75) is 51.9 Å². The van der Waals surface area contributed by atoms with E-state index in [0.29, 0.717) is 0 Å². The Morgan fingerprint density at radius 3 is 2.67 bits per heavy atom. The molecule has 18 heavy (non-hydrogen) atoms. The summed E-state index contributed by atoms with van der Waals surface area (Å²) in [4.78, 5) is 13.6. The van der Waals surface area contributed by atoms with Gasteiger partial charge in [0.15, 0.2) is 0 Å². The molecule has 0 spiro atoms. The van der Waals surface area contributed by atoms with Crippen LogP contribution in [0, 0.1) is 0 Å². The summed E-state index contributed by atoms with van der Waals surface area (Å²) < 4.78 is 15.8. The van der Waals surface area contributed by atoms with Crippen LogP contribution in [-0.2, 0) is 14.2 Å². The van der Waals surface area contributed by atoms with Gasteiger partial charge in [0.25, 0.3) is 0 Å². The molecule has 0 radical (unpaired) electrons. The molecule has 2 atom stereocenters. The average Bonchev–Trinajstić information content (AvgIpc) is 2.25. The summed E-state index contributed by atoms with van der Waals surface area (Å²) in [5, 5.41) is 0. The van der Waals surface area contributed by atoms with Crippen LogP contribution in [0.25, 0.3) is 0 Å². The molecule has 0 aromatic rings. The molecule has 1 amide bonds. The maximum absolute atomic E-state index is 12.0. The van der Waals surface area contributed by atoms with E-state index in [1.54, 1.807) is 18.2 Å². The van der Waals surface area contributed by atoms with E-state index in [-0.39, 0.29) is 25.0 Å². The first-order chi connectivity index (χ1) is 8.35. The molecule has 5 heteroatoms. The Hall–Kier alpha value is -1.07. The Labute approximate surface area is 109 Å². The van der Waals surface area contributed by atoms with Crippen molar-refractivity contribution >= 4 is 6.09 Å². The molecule has 0 aromatic heterocycles. The van der Waals surface area contributed by atoms with Crippen LogP contribution in [0.2, 0.25) is 0 Å². The number of methoxy groups -OCH3 is 1. The van der Waals surface area contributed by atoms with Crippen LogP contribution in [-0.4, -0.2) is 42.6 Å². The fraction of sp³-hybridized carbons (Fsp3) is 0.769. The van der Waals surface area contributed by atoms with E-state index < -0.39 is 5.60 Å². The standard InChI is InChI=1S/C13H23NO4/c1-10-11(17-9-16-5)7-6-8-14(10)12(15)18-13(2,3)4/h6,8,10-11H,7,9H2,1-5H3/t10-,11-/m0/s1. The number of hydrogen-bond donors (Lipinski definition) is 0. The fourth-order valence-electron chi connectivity index (χ4n) is 1.72. The van der Waals surface area contributed by atoms with Gasteiger partial charge in [-0.25, -0.2) is 4.79 Å². The number of carbonyl (C=O) groups excluding carboxylic acids is 1. The minimum atomic E-state index is -0.495. The predicted octanol–water partition coefficient (Wildman–Crippen LogP) is 2.52. The van der Waals surface area contributed by atoms with Crippen molar-refractivity contribution in [3.05, 3.63) is 12.3 Å². The van der Waals surface area contributed by atoms with Gasteiger partial charge >= 0.3 is 6.09 Å². The Kier molecular flexibility index (Phi) is 5.16. The van der Waals surface area contributed by atoms with Gasteiger partial charge in [-0.1, -0.05) is 6.08 Å². The minimum absolute atomic E-state index is 0.0672. The lowest BCUT2D eigenvalue weighted by Crippen LogP contribution is -2.47. The van der Waals surface area contributed by atoms with Gasteiger partial charge in [-0.05, 0) is 34.1 Å². The summed E-state index contributed by atoms with van der Waals surface area (Å²) in [6, 6.07) is -0.0694. The maximum atomic E-state index is 12.0. The minimum Gasteiger partial charge on any atom is -0.443 e. The molecule has 0 saturated carbocycles. The van der Waals surface area contributed by atoms with Crippen LogP contribution < -0.4 is 0 Å². The van der Waals surface area contributed by atoms with E-state index in [1.807, 2.05) is 33.8 Å². The summed E-state index contributed by atoms with van der Waals surface area (Å²) in [6.07, 6.45) is 4.01. The number of carbonyl (C=O) groups is 1. The first-order valence-corrected chi connectivity index (χ1v) is 6.13. The van der Waals surface area contributed by atoms with Gasteiger partial charge in [0, 0.05) is 13.3 Å². The van der Waals surface area contributed by atoms with Crippen molar-refractivity contribution in [1.29, 1.82) is 0 Å². The summed E-state index contributed by atoms with van der Waals surface area (Å²) in [5.74, 6) is 0. The van der Waals surface area contributed by atoms with E-state index in [0.717, 1.165) is 6.42 Å². The Bertz CT molecular complexity index is 309. The zero-order valence-corrected chi connectivity index (χ0v) is 11.8. The third-order valence-corrected chi connectivity index (χ3v) is 2.62. The predicted molar refractivity (Wildman–Crippen MR) is 68.0 cm³/mol. The molecule has 0 saturated heterocycles. The van der Waals surface area contributed by atoms with Gasteiger partial charge in [-0.15, -0.1) is 0 Å². The molecular formula is C13H23NO4. The highest BCUT2D eigenvalue weighted by molar-refractivity contribution is 5.70. The summed E-state index contributed by atoms with van der Waals surface area (Å²) in [5.41, 5.74) is -0.495. The second-order valence-electron chi connectivity index (χ2n) is 5.36. The normalized spacial score (nSPS) is 24.2. The van der Waals surface area contributed by atoms with E-state index in [1.165, 1.54) is 0 Å². The Morgan fingerprint density at radius 2 is 2.11 bits per heavy atom. The topological polar surface area (TPSA) is 48.0 Å². The van der Waals surface area contributed by atoms with E-state index in [2.05, 4.69) is 0 Å². The molecule has 0 unspecified atom stereocenters. The molecule has 1 aliphatic rings. The largest absolute Gasteiger partial charge is 0.443 e. The first-order valence-electron chi connectivity index (χ1n) is 6.13. The third-order valence-electron chi connectivity index (χ3n) is 2.62. The van der Waals surface area contributed by atoms with Crippen LogP contribution in [0.15, 0.2) is 12.3 Å². The van der Waals surface area contributed by atoms with E-state index in [4.69, 9.17) is 14.2 Å². The van der Waals surface area contributed by atoms with Crippen LogP contribution in [0.3, 0.4) is 0 Å². The SMILES string of the molecule is COCO[C@H]1CC=CN(C(=O)OC(C)(C)C)[C@H]1C. The van der Waals surface area contributed by atoms with Crippen molar-refractivity contribution in [1.82, 2.24) is 4.90 Å². The summed E-state index contributed by atoms with van der Waals surface area (Å²) in [7, 11) is 1.58. The maximum Gasteiger partial charge on any atom is 0.414 e. The highest BCUT2D eigenvalue weighted by Gasteiger charge is 2.31. The van der Waals surface area contributed by atoms with Crippen molar-refractivity contribution in [3.8, 4) is 0 Å². The third kappa shape index (κ3) is 4.31. The van der Waals surface area contributed by atoms with Crippen LogP contribution in [0.4, 0.5) is 4.79 Å². The smallest absolute Gasteiger partial charge is 0.414 e. The Morgan fingerprint density at radius 1 is 1.44 bits per heavy atom. The van der Waals surface area contributed by atoms with Crippen molar-refractivity contribution in [3.63, 3.8) is 0 Å². The second-order valence-corrected chi connectivity index (χ2v) is 5.36. The lowest BCUT2D eigenvalue weighted by molar-refractivity contribution is -0.0943. The molecule has 104 valence electrons. The molecular weight excluding hydrogens is 234 g/mol. The summed E-state index contributed by atoms with van der Waals surface area (Å²) in [6.45, 7) is 7.71. The number of hydrogen-bond acceptors (Lipinski definition) is 4. The highest BCUT2D eigenvalue weighted by atomic mass is 16.7. The molecule has 0 bridgehead atoms. The lowest BCUT2D eigenvalue weighted by Gasteiger charge is -2.35. The number of ether oxygens (including phenoxy) is 3. The van der Waals surface area contributed by atoms with Gasteiger partial charge in [0.2, 0.25) is 0 Å².